The highest BCUT2D eigenvalue weighted by Gasteiger charge is 2.32. The number of alkyl halides is 3. The average Bonchev–Trinajstić information content (AvgIpc) is 3.41. The number of esters is 1. The van der Waals surface area contributed by atoms with Crippen LogP contribution in [0.5, 0.6) is 23.0 Å². The van der Waals surface area contributed by atoms with Crippen LogP contribution in [0.1, 0.15) is 50.5 Å². The largest absolute Gasteiger partial charge is 0.573 e. The first kappa shape index (κ1) is 35.3. The number of aromatic nitrogens is 1. The second kappa shape index (κ2) is 14.5. The highest BCUT2D eigenvalue weighted by molar-refractivity contribution is 6.30. The minimum Gasteiger partial charge on any atom is -0.497 e. The fourth-order valence-corrected chi connectivity index (χ4v) is 4.89. The Labute approximate surface area is 275 Å². The van der Waals surface area contributed by atoms with Gasteiger partial charge in [-0.05, 0) is 57.5 Å². The summed E-state index contributed by atoms with van der Waals surface area (Å²) in [6.45, 7) is 7.35. The number of nitrogens with one attached hydrogen (secondary N) is 1. The van der Waals surface area contributed by atoms with E-state index in [0.717, 1.165) is 6.07 Å². The smallest absolute Gasteiger partial charge is 0.497 e. The van der Waals surface area contributed by atoms with Gasteiger partial charge in [0, 0.05) is 52.1 Å². The summed E-state index contributed by atoms with van der Waals surface area (Å²) in [5.41, 5.74) is 0.424. The monoisotopic (exact) mass is 676 g/mol. The van der Waals surface area contributed by atoms with Gasteiger partial charge in [0.15, 0.2) is 0 Å². The predicted octanol–water partition coefficient (Wildman–Crippen LogP) is 8.45. The molecule has 0 aliphatic carbocycles. The molecule has 0 spiro atoms. The van der Waals surface area contributed by atoms with Gasteiger partial charge in [0.1, 0.15) is 34.6 Å². The molecule has 252 valence electrons. The van der Waals surface area contributed by atoms with Gasteiger partial charge in [-0.1, -0.05) is 24.6 Å². The van der Waals surface area contributed by atoms with Gasteiger partial charge in [-0.15, -0.1) is 13.2 Å². The number of halogens is 4. The van der Waals surface area contributed by atoms with Crippen LogP contribution in [-0.2, 0) is 9.53 Å². The van der Waals surface area contributed by atoms with E-state index < -0.39 is 35.6 Å². The third-order valence-electron chi connectivity index (χ3n) is 6.94. The molecular formula is C34H36ClF3N2O7. The topological polar surface area (TPSA) is 97.3 Å². The quantitative estimate of drug-likeness (QED) is 0.149. The molecule has 0 amide bonds. The van der Waals surface area contributed by atoms with E-state index in [1.807, 2.05) is 0 Å². The van der Waals surface area contributed by atoms with Crippen molar-refractivity contribution < 1.29 is 46.4 Å². The summed E-state index contributed by atoms with van der Waals surface area (Å²) >= 11 is 6.21. The van der Waals surface area contributed by atoms with Crippen molar-refractivity contribution in [2.75, 3.05) is 26.1 Å². The Morgan fingerprint density at radius 3 is 2.30 bits per heavy atom. The van der Waals surface area contributed by atoms with Gasteiger partial charge in [-0.3, -0.25) is 14.2 Å². The molecule has 0 saturated heterocycles. The molecule has 0 aliphatic rings. The van der Waals surface area contributed by atoms with Crippen molar-refractivity contribution in [3.05, 3.63) is 77.4 Å². The maximum Gasteiger partial charge on any atom is 0.573 e. The lowest BCUT2D eigenvalue weighted by molar-refractivity contribution is -0.274. The van der Waals surface area contributed by atoms with E-state index in [0.29, 0.717) is 45.3 Å². The van der Waals surface area contributed by atoms with E-state index in [9.17, 15) is 22.8 Å². The number of nitrogens with zero attached hydrogens (tertiary/aromatic N) is 1. The number of fused-ring (bicyclic) bond motifs is 1. The molecular weight excluding hydrogens is 641 g/mol. The summed E-state index contributed by atoms with van der Waals surface area (Å²) in [6.07, 6.45) is -3.05. The van der Waals surface area contributed by atoms with Crippen LogP contribution in [0.25, 0.3) is 10.9 Å². The van der Waals surface area contributed by atoms with Gasteiger partial charge < -0.3 is 29.0 Å². The Kier molecular flexibility index (Phi) is 10.9. The van der Waals surface area contributed by atoms with Gasteiger partial charge in [0.25, 0.3) is 5.91 Å². The van der Waals surface area contributed by atoms with E-state index >= 15 is 0 Å². The van der Waals surface area contributed by atoms with Crippen LogP contribution >= 0.6 is 11.6 Å². The average molecular weight is 677 g/mol. The zero-order valence-corrected chi connectivity index (χ0v) is 27.5. The van der Waals surface area contributed by atoms with Crippen molar-refractivity contribution in [1.82, 2.24) is 4.57 Å². The first-order chi connectivity index (χ1) is 22.1. The lowest BCUT2D eigenvalue weighted by Crippen LogP contribution is -2.28. The maximum atomic E-state index is 14.3. The molecule has 47 heavy (non-hydrogen) atoms. The second-order valence-corrected chi connectivity index (χ2v) is 12.2. The number of rotatable bonds is 12. The number of carbonyl (C=O) groups is 2. The third-order valence-corrected chi connectivity index (χ3v) is 7.18. The molecule has 9 nitrogen and oxygen atoms in total. The minimum atomic E-state index is -4.91. The summed E-state index contributed by atoms with van der Waals surface area (Å²) in [4.78, 5) is 26.7. The molecule has 2 unspecified atom stereocenters. The van der Waals surface area contributed by atoms with E-state index in [1.165, 1.54) is 37.1 Å². The van der Waals surface area contributed by atoms with Crippen molar-refractivity contribution in [3.8, 4) is 23.0 Å². The maximum absolute atomic E-state index is 14.3. The van der Waals surface area contributed by atoms with Crippen LogP contribution in [0.2, 0.25) is 5.02 Å². The zero-order valence-electron chi connectivity index (χ0n) is 26.7. The molecule has 0 bridgehead atoms. The summed E-state index contributed by atoms with van der Waals surface area (Å²) in [5, 5.41) is 4.11. The standard InChI is InChI=1S/C34H36ClF3N2O7/c1-20(32(42)47-33(2,3)4)12-14-45-26-17-23(16-25(18-26)43-5)39-30(27-10-8-22(35)15-29(27)44-6)31(41)40-13-11-21-7-9-24(19-28(21)40)46-34(36,37)38/h7-11,13,15-20,30,39H,12,14H2,1-6H3. The van der Waals surface area contributed by atoms with E-state index in [2.05, 4.69) is 10.1 Å². The summed E-state index contributed by atoms with van der Waals surface area (Å²) in [6, 6.07) is 14.0. The van der Waals surface area contributed by atoms with Gasteiger partial charge in [0.05, 0.1) is 32.3 Å². The molecule has 4 rings (SSSR count). The fraction of sp³-hybridized carbons (Fsp3) is 0.353. The van der Waals surface area contributed by atoms with Gasteiger partial charge in [0.2, 0.25) is 0 Å². The van der Waals surface area contributed by atoms with Crippen molar-refractivity contribution in [2.45, 2.75) is 52.1 Å². The Balaban J connectivity index is 1.67. The fourth-order valence-electron chi connectivity index (χ4n) is 4.73. The molecule has 1 heterocycles. The van der Waals surface area contributed by atoms with Crippen LogP contribution in [0.3, 0.4) is 0 Å². The lowest BCUT2D eigenvalue weighted by atomic mass is 10.0. The zero-order chi connectivity index (χ0) is 34.5. The molecule has 2 atom stereocenters. The summed E-state index contributed by atoms with van der Waals surface area (Å²) in [7, 11) is 2.91. The van der Waals surface area contributed by atoms with Crippen molar-refractivity contribution in [2.24, 2.45) is 5.92 Å². The molecule has 0 radical (unpaired) electrons. The molecule has 3 aromatic carbocycles. The highest BCUT2D eigenvalue weighted by Crippen LogP contribution is 2.36. The van der Waals surface area contributed by atoms with Crippen molar-refractivity contribution in [1.29, 1.82) is 0 Å². The van der Waals surface area contributed by atoms with Crippen molar-refractivity contribution >= 4 is 40.1 Å². The first-order valence-corrected chi connectivity index (χ1v) is 15.0. The van der Waals surface area contributed by atoms with Crippen LogP contribution in [0, 0.1) is 5.92 Å². The number of hydrogen-bond donors (Lipinski definition) is 1. The number of ether oxygens (including phenoxy) is 5. The normalized spacial score (nSPS) is 13.1. The number of methoxy groups -OCH3 is 2. The summed E-state index contributed by atoms with van der Waals surface area (Å²) in [5.74, 6) is -0.630. The molecule has 13 heteroatoms. The van der Waals surface area contributed by atoms with E-state index in [-0.39, 0.29) is 18.1 Å². The van der Waals surface area contributed by atoms with Crippen molar-refractivity contribution in [3.63, 3.8) is 0 Å². The van der Waals surface area contributed by atoms with Crippen LogP contribution < -0.4 is 24.3 Å². The molecule has 0 saturated carbocycles. The molecule has 0 fully saturated rings. The van der Waals surface area contributed by atoms with Gasteiger partial charge in [-0.25, -0.2) is 0 Å². The minimum absolute atomic E-state index is 0.193. The van der Waals surface area contributed by atoms with Crippen LogP contribution in [0.4, 0.5) is 18.9 Å². The molecule has 0 aliphatic heterocycles. The summed E-state index contributed by atoms with van der Waals surface area (Å²) < 4.78 is 66.7. The molecule has 1 aromatic heterocycles. The Bertz CT molecular complexity index is 1730. The molecule has 4 aromatic rings. The SMILES string of the molecule is COc1cc(NC(C(=O)n2ccc3ccc(OC(F)(F)F)cc32)c2ccc(Cl)cc2OC)cc(OCCC(C)C(=O)OC(C)(C)C)c1. The highest BCUT2D eigenvalue weighted by atomic mass is 35.5. The van der Waals surface area contributed by atoms with Gasteiger partial charge >= 0.3 is 12.3 Å². The Hall–Kier alpha value is -4.58. The van der Waals surface area contributed by atoms with Gasteiger partial charge in [-0.2, -0.15) is 0 Å². The number of anilines is 1. The van der Waals surface area contributed by atoms with Crippen LogP contribution in [-0.4, -0.2) is 49.2 Å². The van der Waals surface area contributed by atoms with Crippen LogP contribution in [0.15, 0.2) is 66.9 Å². The van der Waals surface area contributed by atoms with E-state index in [4.69, 9.17) is 30.5 Å². The Morgan fingerprint density at radius 1 is 0.915 bits per heavy atom. The Morgan fingerprint density at radius 2 is 1.64 bits per heavy atom. The predicted molar refractivity (Wildman–Crippen MR) is 172 cm³/mol. The second-order valence-electron chi connectivity index (χ2n) is 11.7. The number of hydrogen-bond acceptors (Lipinski definition) is 8. The first-order valence-electron chi connectivity index (χ1n) is 14.6. The lowest BCUT2D eigenvalue weighted by Gasteiger charge is -2.23. The number of benzene rings is 3. The van der Waals surface area contributed by atoms with E-state index in [1.54, 1.807) is 70.2 Å². The number of carbonyl (C=O) groups excluding carboxylic acids is 2. The third kappa shape index (κ3) is 9.47. The molecule has 1 N–H and O–H groups in total.